The van der Waals surface area contributed by atoms with Crippen molar-refractivity contribution < 1.29 is 14.3 Å². The molecule has 1 aliphatic carbocycles. The SMILES string of the molecule is COc1cccc(CCNC2CC(NC(=O)OCc3ccccc3)C2)c1. The number of hydrogen-bond donors (Lipinski definition) is 2. The zero-order chi connectivity index (χ0) is 18.2. The van der Waals surface area contributed by atoms with Gasteiger partial charge in [-0.25, -0.2) is 4.79 Å². The first-order chi connectivity index (χ1) is 12.7. The molecule has 2 aromatic rings. The van der Waals surface area contributed by atoms with Crippen LogP contribution in [-0.4, -0.2) is 31.8 Å². The first-order valence-corrected chi connectivity index (χ1v) is 9.06. The summed E-state index contributed by atoms with van der Waals surface area (Å²) in [6, 6.07) is 18.5. The Hall–Kier alpha value is -2.53. The Morgan fingerprint density at radius 1 is 1.04 bits per heavy atom. The van der Waals surface area contributed by atoms with Crippen LogP contribution in [0.15, 0.2) is 54.6 Å². The standard InChI is InChI=1S/C21H26N2O3/c1-25-20-9-5-8-16(12-20)10-11-22-18-13-19(14-18)23-21(24)26-15-17-6-3-2-4-7-17/h2-9,12,18-19,22H,10-11,13-15H2,1H3,(H,23,24). The summed E-state index contributed by atoms with van der Waals surface area (Å²) in [5, 5.41) is 6.46. The number of alkyl carbamates (subject to hydrolysis) is 1. The summed E-state index contributed by atoms with van der Waals surface area (Å²) in [7, 11) is 1.68. The third-order valence-electron chi connectivity index (χ3n) is 4.65. The number of amides is 1. The molecule has 0 unspecified atom stereocenters. The average Bonchev–Trinajstić information content (AvgIpc) is 2.65. The number of hydrogen-bond acceptors (Lipinski definition) is 4. The number of benzene rings is 2. The van der Waals surface area contributed by atoms with Crippen molar-refractivity contribution in [2.24, 2.45) is 0 Å². The Labute approximate surface area is 154 Å². The Bertz CT molecular complexity index is 699. The highest BCUT2D eigenvalue weighted by Crippen LogP contribution is 2.20. The van der Waals surface area contributed by atoms with Crippen LogP contribution in [0, 0.1) is 0 Å². The Morgan fingerprint density at radius 2 is 1.81 bits per heavy atom. The van der Waals surface area contributed by atoms with E-state index < -0.39 is 0 Å². The van der Waals surface area contributed by atoms with E-state index in [0.717, 1.165) is 37.1 Å². The molecule has 5 nitrogen and oxygen atoms in total. The van der Waals surface area contributed by atoms with Crippen LogP contribution in [0.4, 0.5) is 4.79 Å². The number of nitrogens with one attached hydrogen (secondary N) is 2. The van der Waals surface area contributed by atoms with Gasteiger partial charge in [-0.15, -0.1) is 0 Å². The van der Waals surface area contributed by atoms with E-state index >= 15 is 0 Å². The van der Waals surface area contributed by atoms with Gasteiger partial charge in [-0.3, -0.25) is 0 Å². The molecule has 0 aromatic heterocycles. The van der Waals surface area contributed by atoms with E-state index in [4.69, 9.17) is 9.47 Å². The number of carbonyl (C=O) groups is 1. The minimum absolute atomic E-state index is 0.201. The fourth-order valence-corrected chi connectivity index (χ4v) is 3.08. The molecule has 0 radical (unpaired) electrons. The van der Waals surface area contributed by atoms with E-state index in [9.17, 15) is 4.79 Å². The van der Waals surface area contributed by atoms with Crippen LogP contribution < -0.4 is 15.4 Å². The maximum atomic E-state index is 11.8. The maximum absolute atomic E-state index is 11.8. The van der Waals surface area contributed by atoms with Crippen molar-refractivity contribution in [3.05, 3.63) is 65.7 Å². The van der Waals surface area contributed by atoms with Gasteiger partial charge in [-0.1, -0.05) is 42.5 Å². The van der Waals surface area contributed by atoms with E-state index in [1.807, 2.05) is 42.5 Å². The maximum Gasteiger partial charge on any atom is 0.407 e. The van der Waals surface area contributed by atoms with Gasteiger partial charge in [-0.05, 0) is 49.1 Å². The molecule has 0 spiro atoms. The fraction of sp³-hybridized carbons (Fsp3) is 0.381. The van der Waals surface area contributed by atoms with Gasteiger partial charge in [0.1, 0.15) is 12.4 Å². The Balaban J connectivity index is 1.27. The van der Waals surface area contributed by atoms with E-state index in [-0.39, 0.29) is 12.1 Å². The number of ether oxygens (including phenoxy) is 2. The van der Waals surface area contributed by atoms with Crippen LogP contribution in [0.2, 0.25) is 0 Å². The summed E-state index contributed by atoms with van der Waals surface area (Å²) in [5.41, 5.74) is 2.25. The van der Waals surface area contributed by atoms with Crippen LogP contribution in [0.1, 0.15) is 24.0 Å². The molecule has 138 valence electrons. The molecule has 2 aromatic carbocycles. The van der Waals surface area contributed by atoms with Gasteiger partial charge >= 0.3 is 6.09 Å². The van der Waals surface area contributed by atoms with Crippen molar-refractivity contribution >= 4 is 6.09 Å². The lowest BCUT2D eigenvalue weighted by molar-refractivity contribution is 0.125. The number of carbonyl (C=O) groups excluding carboxylic acids is 1. The quantitative estimate of drug-likeness (QED) is 0.764. The lowest BCUT2D eigenvalue weighted by atomic mass is 9.87. The lowest BCUT2D eigenvalue weighted by Crippen LogP contribution is -2.52. The Kier molecular flexibility index (Phi) is 6.50. The largest absolute Gasteiger partial charge is 0.497 e. The van der Waals surface area contributed by atoms with Crippen molar-refractivity contribution in [3.63, 3.8) is 0 Å². The van der Waals surface area contributed by atoms with Crippen molar-refractivity contribution in [3.8, 4) is 5.75 Å². The van der Waals surface area contributed by atoms with Gasteiger partial charge < -0.3 is 20.1 Å². The topological polar surface area (TPSA) is 59.6 Å². The molecule has 26 heavy (non-hydrogen) atoms. The van der Waals surface area contributed by atoms with Crippen LogP contribution in [0.25, 0.3) is 0 Å². The summed E-state index contributed by atoms with van der Waals surface area (Å²) >= 11 is 0. The molecular formula is C21H26N2O3. The first-order valence-electron chi connectivity index (χ1n) is 9.06. The van der Waals surface area contributed by atoms with Gasteiger partial charge in [0.15, 0.2) is 0 Å². The summed E-state index contributed by atoms with van der Waals surface area (Å²) < 4.78 is 10.5. The zero-order valence-electron chi connectivity index (χ0n) is 15.1. The number of methoxy groups -OCH3 is 1. The number of rotatable bonds is 8. The van der Waals surface area contributed by atoms with E-state index in [1.165, 1.54) is 5.56 Å². The van der Waals surface area contributed by atoms with Gasteiger partial charge in [0.2, 0.25) is 0 Å². The predicted octanol–water partition coefficient (Wildman–Crippen LogP) is 3.28. The van der Waals surface area contributed by atoms with Crippen molar-refractivity contribution in [1.29, 1.82) is 0 Å². The van der Waals surface area contributed by atoms with Crippen molar-refractivity contribution in [2.75, 3.05) is 13.7 Å². The predicted molar refractivity (Wildman–Crippen MR) is 101 cm³/mol. The van der Waals surface area contributed by atoms with Crippen LogP contribution in [-0.2, 0) is 17.8 Å². The molecule has 0 bridgehead atoms. The average molecular weight is 354 g/mol. The fourth-order valence-electron chi connectivity index (χ4n) is 3.08. The monoisotopic (exact) mass is 354 g/mol. The summed E-state index contributed by atoms with van der Waals surface area (Å²) in [6.07, 6.45) is 2.51. The minimum Gasteiger partial charge on any atom is -0.497 e. The molecule has 0 atom stereocenters. The van der Waals surface area contributed by atoms with Gasteiger partial charge in [0.25, 0.3) is 0 Å². The third-order valence-corrected chi connectivity index (χ3v) is 4.65. The molecule has 5 heteroatoms. The van der Waals surface area contributed by atoms with Crippen LogP contribution >= 0.6 is 0 Å². The first kappa shape index (κ1) is 18.3. The second kappa shape index (κ2) is 9.25. The van der Waals surface area contributed by atoms with Gasteiger partial charge in [-0.2, -0.15) is 0 Å². The van der Waals surface area contributed by atoms with E-state index in [0.29, 0.717) is 12.6 Å². The van der Waals surface area contributed by atoms with Crippen LogP contribution in [0.5, 0.6) is 5.75 Å². The Morgan fingerprint density at radius 3 is 2.58 bits per heavy atom. The van der Waals surface area contributed by atoms with Crippen molar-refractivity contribution in [2.45, 2.75) is 38.0 Å². The molecule has 0 aliphatic heterocycles. The molecule has 0 saturated heterocycles. The van der Waals surface area contributed by atoms with E-state index in [1.54, 1.807) is 7.11 Å². The van der Waals surface area contributed by atoms with Crippen LogP contribution in [0.3, 0.4) is 0 Å². The van der Waals surface area contributed by atoms with Gasteiger partial charge in [0.05, 0.1) is 7.11 Å². The van der Waals surface area contributed by atoms with E-state index in [2.05, 4.69) is 22.8 Å². The summed E-state index contributed by atoms with van der Waals surface area (Å²) in [6.45, 7) is 1.23. The highest BCUT2D eigenvalue weighted by atomic mass is 16.5. The van der Waals surface area contributed by atoms with Gasteiger partial charge in [0, 0.05) is 12.1 Å². The smallest absolute Gasteiger partial charge is 0.407 e. The molecule has 1 amide bonds. The molecule has 0 heterocycles. The summed E-state index contributed by atoms with van der Waals surface area (Å²) in [5.74, 6) is 0.893. The normalized spacial score (nSPS) is 18.7. The molecular weight excluding hydrogens is 328 g/mol. The van der Waals surface area contributed by atoms with Crippen molar-refractivity contribution in [1.82, 2.24) is 10.6 Å². The second-order valence-corrected chi connectivity index (χ2v) is 6.63. The molecule has 1 saturated carbocycles. The molecule has 1 fully saturated rings. The third kappa shape index (κ3) is 5.49. The molecule has 1 aliphatic rings. The zero-order valence-corrected chi connectivity index (χ0v) is 15.1. The highest BCUT2D eigenvalue weighted by molar-refractivity contribution is 5.67. The minimum atomic E-state index is -0.339. The highest BCUT2D eigenvalue weighted by Gasteiger charge is 2.30. The molecule has 3 rings (SSSR count). The lowest BCUT2D eigenvalue weighted by Gasteiger charge is -2.36. The summed E-state index contributed by atoms with van der Waals surface area (Å²) in [4.78, 5) is 11.8. The second-order valence-electron chi connectivity index (χ2n) is 6.63. The molecule has 2 N–H and O–H groups in total.